The highest BCUT2D eigenvalue weighted by atomic mass is 16.5. The number of hydrogen-bond donors (Lipinski definition) is 1. The zero-order valence-electron chi connectivity index (χ0n) is 16.7. The van der Waals surface area contributed by atoms with Crippen molar-refractivity contribution >= 4 is 11.7 Å². The van der Waals surface area contributed by atoms with Crippen LogP contribution in [0.2, 0.25) is 0 Å². The summed E-state index contributed by atoms with van der Waals surface area (Å²) in [6.07, 6.45) is 1.72. The van der Waals surface area contributed by atoms with Crippen LogP contribution in [0.5, 0.6) is 5.75 Å². The molecule has 0 atom stereocenters. The van der Waals surface area contributed by atoms with Crippen LogP contribution in [0.25, 0.3) is 11.3 Å². The van der Waals surface area contributed by atoms with E-state index in [-0.39, 0.29) is 36.6 Å². The van der Waals surface area contributed by atoms with Gasteiger partial charge in [0, 0.05) is 43.1 Å². The number of ether oxygens (including phenoxy) is 1. The molecule has 154 valence electrons. The average molecular weight is 405 g/mol. The molecule has 0 spiro atoms. The molecule has 0 radical (unpaired) electrons. The maximum atomic E-state index is 12.3. The van der Waals surface area contributed by atoms with Gasteiger partial charge in [0.25, 0.3) is 5.56 Å². The van der Waals surface area contributed by atoms with Gasteiger partial charge in [-0.05, 0) is 24.3 Å². The third kappa shape index (κ3) is 5.64. The molecule has 0 aliphatic heterocycles. The maximum Gasteiger partial charge on any atom is 0.253 e. The topological polar surface area (TPSA) is 90.3 Å². The van der Waals surface area contributed by atoms with Crippen molar-refractivity contribution in [2.75, 3.05) is 13.7 Å². The summed E-state index contributed by atoms with van der Waals surface area (Å²) in [5, 5.41) is 2.73. The molecule has 0 saturated heterocycles. The Bertz CT molecular complexity index is 1060. The minimum absolute atomic E-state index is 0.0692. The van der Waals surface area contributed by atoms with Gasteiger partial charge in [0.15, 0.2) is 5.78 Å². The van der Waals surface area contributed by atoms with E-state index < -0.39 is 0 Å². The molecule has 1 aromatic heterocycles. The number of benzene rings is 2. The average Bonchev–Trinajstić information content (AvgIpc) is 2.79. The summed E-state index contributed by atoms with van der Waals surface area (Å²) in [6, 6.07) is 17.6. The monoisotopic (exact) mass is 405 g/mol. The van der Waals surface area contributed by atoms with Crippen molar-refractivity contribution < 1.29 is 14.3 Å². The van der Waals surface area contributed by atoms with E-state index in [0.29, 0.717) is 17.8 Å². The van der Waals surface area contributed by atoms with E-state index in [1.165, 1.54) is 17.0 Å². The molecule has 0 aliphatic rings. The van der Waals surface area contributed by atoms with Gasteiger partial charge in [-0.2, -0.15) is 0 Å². The van der Waals surface area contributed by atoms with E-state index in [1.807, 2.05) is 18.2 Å². The summed E-state index contributed by atoms with van der Waals surface area (Å²) in [4.78, 5) is 40.6. The van der Waals surface area contributed by atoms with Gasteiger partial charge in [-0.15, -0.1) is 0 Å². The fourth-order valence-electron chi connectivity index (χ4n) is 2.91. The van der Waals surface area contributed by atoms with Gasteiger partial charge in [-0.3, -0.25) is 19.0 Å². The Morgan fingerprint density at radius 1 is 1.03 bits per heavy atom. The summed E-state index contributed by atoms with van der Waals surface area (Å²) in [6.45, 7) is 0.578. The van der Waals surface area contributed by atoms with Gasteiger partial charge in [-0.25, -0.2) is 4.98 Å². The van der Waals surface area contributed by atoms with Crippen LogP contribution in [0, 0.1) is 0 Å². The number of carbonyl (C=O) groups excluding carboxylic acids is 2. The summed E-state index contributed by atoms with van der Waals surface area (Å²) in [5.74, 6) is 0.434. The smallest absolute Gasteiger partial charge is 0.253 e. The summed E-state index contributed by atoms with van der Waals surface area (Å²) in [5.41, 5.74) is 1.78. The molecule has 3 rings (SSSR count). The van der Waals surface area contributed by atoms with Crippen LogP contribution < -0.4 is 15.6 Å². The van der Waals surface area contributed by atoms with Crippen LogP contribution >= 0.6 is 0 Å². The number of rotatable bonds is 9. The molecule has 1 amide bonds. The lowest BCUT2D eigenvalue weighted by molar-refractivity contribution is -0.121. The zero-order chi connectivity index (χ0) is 21.3. The van der Waals surface area contributed by atoms with Crippen molar-refractivity contribution in [3.05, 3.63) is 82.9 Å². The van der Waals surface area contributed by atoms with Crippen LogP contribution in [-0.4, -0.2) is 34.9 Å². The van der Waals surface area contributed by atoms with Crippen LogP contribution in [0.1, 0.15) is 23.2 Å². The lowest BCUT2D eigenvalue weighted by atomic mass is 10.1. The van der Waals surface area contributed by atoms with Gasteiger partial charge in [0.05, 0.1) is 19.1 Å². The highest BCUT2D eigenvalue weighted by Crippen LogP contribution is 2.19. The number of methoxy groups -OCH3 is 1. The summed E-state index contributed by atoms with van der Waals surface area (Å²) < 4.78 is 6.56. The van der Waals surface area contributed by atoms with Crippen molar-refractivity contribution in [1.82, 2.24) is 14.9 Å². The number of Topliss-reactive ketones (excluding diaryl/α,β-unsaturated/α-hetero) is 1. The van der Waals surface area contributed by atoms with Crippen molar-refractivity contribution in [3.8, 4) is 17.0 Å². The molecule has 1 N–H and O–H groups in total. The molecule has 2 aromatic carbocycles. The number of carbonyl (C=O) groups is 2. The third-order valence-corrected chi connectivity index (χ3v) is 4.62. The quantitative estimate of drug-likeness (QED) is 0.553. The fraction of sp³-hybridized carbons (Fsp3) is 0.217. The van der Waals surface area contributed by atoms with E-state index in [9.17, 15) is 14.4 Å². The molecule has 0 fully saturated rings. The lowest BCUT2D eigenvalue weighted by Gasteiger charge is -2.08. The van der Waals surface area contributed by atoms with Crippen LogP contribution in [0.3, 0.4) is 0 Å². The first-order chi connectivity index (χ1) is 14.6. The largest absolute Gasteiger partial charge is 0.497 e. The molecule has 3 aromatic rings. The third-order valence-electron chi connectivity index (χ3n) is 4.62. The van der Waals surface area contributed by atoms with Crippen molar-refractivity contribution in [2.45, 2.75) is 19.4 Å². The highest BCUT2D eigenvalue weighted by Gasteiger charge is 2.09. The molecular weight excluding hydrogens is 382 g/mol. The molecule has 0 aliphatic carbocycles. The van der Waals surface area contributed by atoms with Gasteiger partial charge in [-0.1, -0.05) is 30.3 Å². The number of amides is 1. The first-order valence-corrected chi connectivity index (χ1v) is 9.62. The number of ketones is 1. The highest BCUT2D eigenvalue weighted by molar-refractivity contribution is 5.97. The van der Waals surface area contributed by atoms with Crippen molar-refractivity contribution in [2.24, 2.45) is 0 Å². The molecule has 0 saturated carbocycles. The van der Waals surface area contributed by atoms with E-state index in [1.54, 1.807) is 43.5 Å². The Kier molecular flexibility index (Phi) is 7.10. The molecule has 7 nitrogen and oxygen atoms in total. The summed E-state index contributed by atoms with van der Waals surface area (Å²) >= 11 is 0. The molecule has 30 heavy (non-hydrogen) atoms. The van der Waals surface area contributed by atoms with E-state index in [0.717, 1.165) is 11.3 Å². The minimum atomic E-state index is -0.227. The Labute approximate surface area is 174 Å². The molecule has 1 heterocycles. The van der Waals surface area contributed by atoms with Crippen molar-refractivity contribution in [1.29, 1.82) is 0 Å². The molecule has 0 unspecified atom stereocenters. The second-order valence-electron chi connectivity index (χ2n) is 6.67. The van der Waals surface area contributed by atoms with Gasteiger partial charge >= 0.3 is 0 Å². The number of nitrogens with one attached hydrogen (secondary N) is 1. The van der Waals surface area contributed by atoms with Crippen LogP contribution in [-0.2, 0) is 11.3 Å². The first-order valence-electron chi connectivity index (χ1n) is 9.62. The predicted octanol–water partition coefficient (Wildman–Crippen LogP) is 2.70. The Morgan fingerprint density at radius 3 is 2.43 bits per heavy atom. The van der Waals surface area contributed by atoms with E-state index >= 15 is 0 Å². The van der Waals surface area contributed by atoms with Gasteiger partial charge < -0.3 is 10.1 Å². The fourth-order valence-corrected chi connectivity index (χ4v) is 2.91. The van der Waals surface area contributed by atoms with Crippen LogP contribution in [0.15, 0.2) is 71.8 Å². The number of aromatic nitrogens is 2. The number of hydrogen-bond acceptors (Lipinski definition) is 5. The Morgan fingerprint density at radius 2 is 1.77 bits per heavy atom. The second-order valence-corrected chi connectivity index (χ2v) is 6.67. The maximum absolute atomic E-state index is 12.3. The SMILES string of the molecule is COc1ccc(-c2cc(=O)n(CCNC(=O)CCC(=O)c3ccccc3)cn2)cc1. The molecule has 0 bridgehead atoms. The number of nitrogens with zero attached hydrogens (tertiary/aromatic N) is 2. The zero-order valence-corrected chi connectivity index (χ0v) is 16.7. The normalized spacial score (nSPS) is 10.4. The standard InChI is InChI=1S/C23H23N3O4/c1-30-19-9-7-17(8-10-19)20-15-23(29)26(16-25-20)14-13-24-22(28)12-11-21(27)18-5-3-2-4-6-18/h2-10,15-16H,11-14H2,1H3,(H,24,28). The molecular formula is C23H23N3O4. The Hall–Kier alpha value is -3.74. The van der Waals surface area contributed by atoms with E-state index in [4.69, 9.17) is 4.74 Å². The van der Waals surface area contributed by atoms with Gasteiger partial charge in [0.2, 0.25) is 5.91 Å². The minimum Gasteiger partial charge on any atom is -0.497 e. The van der Waals surface area contributed by atoms with Gasteiger partial charge in [0.1, 0.15) is 5.75 Å². The molecule has 7 heteroatoms. The van der Waals surface area contributed by atoms with Crippen LogP contribution in [0.4, 0.5) is 0 Å². The first kappa shape index (κ1) is 21.0. The Balaban J connectivity index is 1.48. The second kappa shape index (κ2) is 10.2. The van der Waals surface area contributed by atoms with Crippen molar-refractivity contribution in [3.63, 3.8) is 0 Å². The van der Waals surface area contributed by atoms with E-state index in [2.05, 4.69) is 10.3 Å². The predicted molar refractivity (Wildman–Crippen MR) is 114 cm³/mol. The lowest BCUT2D eigenvalue weighted by Crippen LogP contribution is -2.31. The summed E-state index contributed by atoms with van der Waals surface area (Å²) in [7, 11) is 1.59.